The lowest BCUT2D eigenvalue weighted by molar-refractivity contribution is 0.100. The third-order valence-electron chi connectivity index (χ3n) is 9.24. The van der Waals surface area contributed by atoms with Gasteiger partial charge in [-0.15, -0.1) is 0 Å². The molecule has 1 atom stereocenters. The molecule has 3 heteroatoms. The number of nitrogens with one attached hydrogen (secondary N) is 1. The number of rotatable bonds is 20. The Morgan fingerprint density at radius 2 is 1.38 bits per heavy atom. The molecule has 296 valence electrons. The van der Waals surface area contributed by atoms with Gasteiger partial charge in [-0.3, -0.25) is 4.79 Å². The van der Waals surface area contributed by atoms with Crippen LogP contribution in [0.3, 0.4) is 0 Å². The fraction of sp³-hybridized carbons (Fsp3) is 0.612. The summed E-state index contributed by atoms with van der Waals surface area (Å²) in [5.41, 5.74) is 15.5. The second-order valence-electron chi connectivity index (χ2n) is 14.6. The minimum absolute atomic E-state index is 0.236. The number of nitrogens with two attached hydrogens (primary N) is 1. The molecule has 0 aromatic heterocycles. The van der Waals surface area contributed by atoms with Gasteiger partial charge in [0.2, 0.25) is 0 Å². The standard InChI is InChI=1S/C33H46N2O.C8H18.C5H12.C3H8/c1-8-13-15-18-25(16-10-3)28-22-27(20-19-26(28)17-14-9-2)29-21-24(7)31(33(34)36)32(35-12-5)30(29)23(6)11-4;1-3-5-7-8-6-4-2;1-4-5(2)3;1-3-2/h10,12,16,18-23,35H,5,8-9,11,13-15,17H2,1-4,6-7H3,(H2,34,36);3-8H2,1-2H3;5H,4H2,1-3H3;3H2,1-2H3/b16-10-,25-18-;;;. The quantitative estimate of drug-likeness (QED) is 0.106. The van der Waals surface area contributed by atoms with E-state index >= 15 is 0 Å². The summed E-state index contributed by atoms with van der Waals surface area (Å²) in [6, 6.07) is 9.04. The zero-order valence-electron chi connectivity index (χ0n) is 36.6. The van der Waals surface area contributed by atoms with Crippen molar-refractivity contribution in [2.75, 3.05) is 5.32 Å². The van der Waals surface area contributed by atoms with Gasteiger partial charge in [0.25, 0.3) is 5.91 Å². The number of carbonyl (C=O) groups excluding carboxylic acids is 1. The van der Waals surface area contributed by atoms with E-state index in [1.807, 2.05) is 6.92 Å². The van der Waals surface area contributed by atoms with Gasteiger partial charge in [-0.05, 0) is 103 Å². The first-order chi connectivity index (χ1) is 24.9. The molecule has 2 aromatic rings. The van der Waals surface area contributed by atoms with Gasteiger partial charge >= 0.3 is 0 Å². The maximum atomic E-state index is 12.4. The molecule has 0 saturated carbocycles. The van der Waals surface area contributed by atoms with Gasteiger partial charge < -0.3 is 11.1 Å². The molecule has 2 aromatic carbocycles. The summed E-state index contributed by atoms with van der Waals surface area (Å²) in [5, 5.41) is 3.26. The highest BCUT2D eigenvalue weighted by Crippen LogP contribution is 2.41. The highest BCUT2D eigenvalue weighted by atomic mass is 16.1. The highest BCUT2D eigenvalue weighted by Gasteiger charge is 2.23. The molecule has 52 heavy (non-hydrogen) atoms. The molecule has 0 aliphatic heterocycles. The average molecular weight is 717 g/mol. The number of aryl methyl sites for hydroxylation is 2. The highest BCUT2D eigenvalue weighted by molar-refractivity contribution is 6.02. The minimum atomic E-state index is -0.419. The van der Waals surface area contributed by atoms with Crippen LogP contribution in [0.2, 0.25) is 0 Å². The molecule has 0 radical (unpaired) electrons. The monoisotopic (exact) mass is 717 g/mol. The van der Waals surface area contributed by atoms with E-state index in [2.05, 4.69) is 137 Å². The van der Waals surface area contributed by atoms with Crippen molar-refractivity contribution in [3.8, 4) is 11.1 Å². The van der Waals surface area contributed by atoms with Crippen LogP contribution in [0.5, 0.6) is 0 Å². The van der Waals surface area contributed by atoms with Crippen molar-refractivity contribution >= 4 is 17.2 Å². The van der Waals surface area contributed by atoms with Crippen LogP contribution in [-0.4, -0.2) is 5.91 Å². The molecule has 0 heterocycles. The zero-order chi connectivity index (χ0) is 39.9. The third-order valence-corrected chi connectivity index (χ3v) is 9.24. The van der Waals surface area contributed by atoms with Crippen LogP contribution in [0.1, 0.15) is 212 Å². The summed E-state index contributed by atoms with van der Waals surface area (Å²) < 4.78 is 0. The van der Waals surface area contributed by atoms with E-state index < -0.39 is 5.91 Å². The van der Waals surface area contributed by atoms with Crippen molar-refractivity contribution in [1.29, 1.82) is 0 Å². The summed E-state index contributed by atoms with van der Waals surface area (Å²) in [4.78, 5) is 12.4. The number of hydrogen-bond acceptors (Lipinski definition) is 2. The van der Waals surface area contributed by atoms with Crippen molar-refractivity contribution in [2.45, 2.75) is 192 Å². The number of anilines is 1. The lowest BCUT2D eigenvalue weighted by atomic mass is 9.83. The Morgan fingerprint density at radius 3 is 1.83 bits per heavy atom. The van der Waals surface area contributed by atoms with Gasteiger partial charge in [-0.1, -0.05) is 190 Å². The van der Waals surface area contributed by atoms with Gasteiger partial charge in [0, 0.05) is 0 Å². The Balaban J connectivity index is 0. The summed E-state index contributed by atoms with van der Waals surface area (Å²) in [7, 11) is 0. The molecule has 0 saturated heterocycles. The van der Waals surface area contributed by atoms with Crippen LogP contribution < -0.4 is 11.1 Å². The Bertz CT molecular complexity index is 1280. The number of amides is 1. The number of benzene rings is 2. The second kappa shape index (κ2) is 32.6. The molecule has 0 aliphatic carbocycles. The van der Waals surface area contributed by atoms with Crippen molar-refractivity contribution < 1.29 is 4.79 Å². The molecule has 1 unspecified atom stereocenters. The van der Waals surface area contributed by atoms with Crippen molar-refractivity contribution in [3.05, 3.63) is 83.1 Å². The van der Waals surface area contributed by atoms with Gasteiger partial charge in [-0.2, -0.15) is 0 Å². The first-order valence-corrected chi connectivity index (χ1v) is 21.2. The number of unbranched alkanes of at least 4 members (excludes halogenated alkanes) is 8. The molecule has 0 aliphatic rings. The largest absolute Gasteiger partial charge is 0.366 e. The first-order valence-electron chi connectivity index (χ1n) is 21.2. The number of hydrogen-bond donors (Lipinski definition) is 2. The minimum Gasteiger partial charge on any atom is -0.366 e. The zero-order valence-corrected chi connectivity index (χ0v) is 36.6. The summed E-state index contributed by atoms with van der Waals surface area (Å²) in [5.74, 6) is 0.701. The molecule has 3 nitrogen and oxygen atoms in total. The summed E-state index contributed by atoms with van der Waals surface area (Å²) in [6.45, 7) is 32.2. The third kappa shape index (κ3) is 20.2. The van der Waals surface area contributed by atoms with E-state index in [1.54, 1.807) is 6.20 Å². The van der Waals surface area contributed by atoms with Crippen LogP contribution in [0, 0.1) is 12.8 Å². The first kappa shape index (κ1) is 51.0. The van der Waals surface area contributed by atoms with E-state index in [1.165, 1.54) is 93.7 Å². The predicted octanol–water partition coefficient (Wildman–Crippen LogP) is 16.2. The van der Waals surface area contributed by atoms with Crippen LogP contribution >= 0.6 is 0 Å². The number of carbonyl (C=O) groups is 1. The van der Waals surface area contributed by atoms with Crippen molar-refractivity contribution in [2.24, 2.45) is 11.7 Å². The van der Waals surface area contributed by atoms with Gasteiger partial charge in [0.15, 0.2) is 0 Å². The molecule has 1 amide bonds. The summed E-state index contributed by atoms with van der Waals surface area (Å²) in [6.07, 6.45) is 27.2. The SMILES string of the molecule is C=CNc1c(C(N)=O)c(C)cc(-c2ccc(CCCC)c(C(/C=C\C)=C\CCCC)c2)c1C(C)CC.CCC.CCC(C)C.CCCCCCCC. The van der Waals surface area contributed by atoms with Gasteiger partial charge in [0.05, 0.1) is 11.3 Å². The van der Waals surface area contributed by atoms with Gasteiger partial charge in [-0.25, -0.2) is 0 Å². The lowest BCUT2D eigenvalue weighted by Gasteiger charge is -2.24. The molecular formula is C49H84N2O. The second-order valence-corrected chi connectivity index (χ2v) is 14.6. The van der Waals surface area contributed by atoms with Crippen LogP contribution in [0.25, 0.3) is 16.7 Å². The van der Waals surface area contributed by atoms with E-state index in [0.717, 1.165) is 53.1 Å². The fourth-order valence-corrected chi connectivity index (χ4v) is 5.72. The Kier molecular flexibility index (Phi) is 32.0. The van der Waals surface area contributed by atoms with Gasteiger partial charge in [0.1, 0.15) is 0 Å². The number of allylic oxidation sites excluding steroid dienone is 4. The molecule has 0 spiro atoms. The Morgan fingerprint density at radius 1 is 0.827 bits per heavy atom. The normalized spacial score (nSPS) is 11.5. The maximum absolute atomic E-state index is 12.4. The Labute approximate surface area is 324 Å². The lowest BCUT2D eigenvalue weighted by Crippen LogP contribution is -2.17. The molecule has 0 fully saturated rings. The number of primary amides is 1. The van der Waals surface area contributed by atoms with E-state index in [4.69, 9.17) is 5.73 Å². The van der Waals surface area contributed by atoms with E-state index in [0.29, 0.717) is 5.56 Å². The van der Waals surface area contributed by atoms with Crippen molar-refractivity contribution in [1.82, 2.24) is 0 Å². The maximum Gasteiger partial charge on any atom is 0.251 e. The average Bonchev–Trinajstić information content (AvgIpc) is 3.12. The van der Waals surface area contributed by atoms with E-state index in [-0.39, 0.29) is 5.92 Å². The molecular weight excluding hydrogens is 633 g/mol. The van der Waals surface area contributed by atoms with Crippen LogP contribution in [0.4, 0.5) is 5.69 Å². The van der Waals surface area contributed by atoms with Crippen LogP contribution in [0.15, 0.2) is 55.3 Å². The summed E-state index contributed by atoms with van der Waals surface area (Å²) >= 11 is 0. The smallest absolute Gasteiger partial charge is 0.251 e. The topological polar surface area (TPSA) is 55.1 Å². The molecule has 3 N–H and O–H groups in total. The van der Waals surface area contributed by atoms with E-state index in [9.17, 15) is 4.79 Å². The molecule has 0 bridgehead atoms. The van der Waals surface area contributed by atoms with Crippen LogP contribution in [-0.2, 0) is 6.42 Å². The van der Waals surface area contributed by atoms with Crippen molar-refractivity contribution in [3.63, 3.8) is 0 Å². The Hall–Kier alpha value is -3.07. The fourth-order valence-electron chi connectivity index (χ4n) is 5.72. The molecule has 2 rings (SSSR count). The predicted molar refractivity (Wildman–Crippen MR) is 239 cm³/mol.